The second kappa shape index (κ2) is 5.74. The molecule has 14 heavy (non-hydrogen) atoms. The summed E-state index contributed by atoms with van der Waals surface area (Å²) in [6.45, 7) is 0. The third-order valence-electron chi connectivity index (χ3n) is 1.33. The van der Waals surface area contributed by atoms with E-state index < -0.39 is 24.3 Å². The summed E-state index contributed by atoms with van der Waals surface area (Å²) >= 11 is 0. The summed E-state index contributed by atoms with van der Waals surface area (Å²) in [4.78, 5) is 31.9. The number of hydrogen-bond acceptors (Lipinski definition) is 5. The molecular weight excluding hydrogens is 192 g/mol. The van der Waals surface area contributed by atoms with E-state index in [0.29, 0.717) is 0 Å². The summed E-state index contributed by atoms with van der Waals surface area (Å²) in [5, 5.41) is 8.58. The van der Waals surface area contributed by atoms with Crippen LogP contribution >= 0.6 is 0 Å². The van der Waals surface area contributed by atoms with Crippen molar-refractivity contribution in [2.75, 3.05) is 14.2 Å². The van der Waals surface area contributed by atoms with Crippen LogP contribution in [0.25, 0.3) is 0 Å². The van der Waals surface area contributed by atoms with Gasteiger partial charge in [-0.1, -0.05) is 0 Å². The molecule has 0 fully saturated rings. The van der Waals surface area contributed by atoms with E-state index in [1.54, 1.807) is 0 Å². The van der Waals surface area contributed by atoms with Crippen molar-refractivity contribution in [3.63, 3.8) is 0 Å². The number of carbonyl (C=O) groups is 3. The molecule has 0 unspecified atom stereocenters. The van der Waals surface area contributed by atoms with Crippen molar-refractivity contribution >= 4 is 17.9 Å². The molecule has 78 valence electrons. The van der Waals surface area contributed by atoms with Crippen molar-refractivity contribution < 1.29 is 29.0 Å². The lowest BCUT2D eigenvalue weighted by atomic mass is 10.2. The molecule has 0 aliphatic rings. The Morgan fingerprint density at radius 2 is 1.79 bits per heavy atom. The molecule has 0 heterocycles. The van der Waals surface area contributed by atoms with Gasteiger partial charge in [0.15, 0.2) is 0 Å². The van der Waals surface area contributed by atoms with Gasteiger partial charge in [0.1, 0.15) is 0 Å². The fourth-order valence-electron chi connectivity index (χ4n) is 0.617. The predicted octanol–water partition coefficient (Wildman–Crippen LogP) is -0.267. The smallest absolute Gasteiger partial charge is 0.332 e. The molecule has 0 atom stereocenters. The monoisotopic (exact) mass is 202 g/mol. The molecule has 0 spiro atoms. The molecule has 0 aromatic heterocycles. The molecule has 1 N–H and O–H groups in total. The Morgan fingerprint density at radius 3 is 2.14 bits per heavy atom. The number of methoxy groups -OCH3 is 2. The van der Waals surface area contributed by atoms with Gasteiger partial charge in [0.2, 0.25) is 0 Å². The third-order valence-corrected chi connectivity index (χ3v) is 1.33. The lowest BCUT2D eigenvalue weighted by Crippen LogP contribution is -2.11. The van der Waals surface area contributed by atoms with Crippen molar-refractivity contribution in [2.24, 2.45) is 0 Å². The Balaban J connectivity index is 4.60. The van der Waals surface area contributed by atoms with Gasteiger partial charge in [0.25, 0.3) is 0 Å². The molecule has 0 aliphatic heterocycles. The lowest BCUT2D eigenvalue weighted by molar-refractivity contribution is -0.142. The van der Waals surface area contributed by atoms with Crippen LogP contribution < -0.4 is 0 Å². The Kier molecular flexibility index (Phi) is 4.98. The molecule has 0 radical (unpaired) electrons. The van der Waals surface area contributed by atoms with Crippen molar-refractivity contribution in [1.82, 2.24) is 0 Å². The molecule has 0 aromatic rings. The van der Waals surface area contributed by atoms with E-state index in [4.69, 9.17) is 5.11 Å². The first-order valence-corrected chi connectivity index (χ1v) is 3.60. The zero-order valence-electron chi connectivity index (χ0n) is 7.77. The molecule has 0 aromatic carbocycles. The minimum atomic E-state index is -1.36. The van der Waals surface area contributed by atoms with Crippen LogP contribution in [0.4, 0.5) is 0 Å². The highest BCUT2D eigenvalue weighted by atomic mass is 16.5. The normalized spacial score (nSPS) is 10.6. The average Bonchev–Trinajstić information content (AvgIpc) is 2.16. The summed E-state index contributed by atoms with van der Waals surface area (Å²) in [7, 11) is 2.23. The van der Waals surface area contributed by atoms with Crippen molar-refractivity contribution in [3.05, 3.63) is 11.6 Å². The fraction of sp³-hybridized carbons (Fsp3) is 0.375. The largest absolute Gasteiger partial charge is 0.478 e. The van der Waals surface area contributed by atoms with E-state index in [1.807, 2.05) is 0 Å². The fourth-order valence-corrected chi connectivity index (χ4v) is 0.617. The van der Waals surface area contributed by atoms with E-state index in [-0.39, 0.29) is 5.57 Å². The van der Waals surface area contributed by atoms with Crippen molar-refractivity contribution in [3.8, 4) is 0 Å². The van der Waals surface area contributed by atoms with Gasteiger partial charge in [-0.15, -0.1) is 0 Å². The molecule has 0 aliphatic carbocycles. The van der Waals surface area contributed by atoms with E-state index in [9.17, 15) is 14.4 Å². The van der Waals surface area contributed by atoms with Crippen LogP contribution in [0, 0.1) is 0 Å². The minimum absolute atomic E-state index is 0.372. The van der Waals surface area contributed by atoms with Gasteiger partial charge in [-0.2, -0.15) is 0 Å². The Bertz CT molecular complexity index is 278. The zero-order chi connectivity index (χ0) is 11.1. The molecule has 0 amide bonds. The Labute approximate surface area is 80.1 Å². The maximum atomic E-state index is 10.7. The summed E-state index contributed by atoms with van der Waals surface area (Å²) in [5.74, 6) is -2.92. The van der Waals surface area contributed by atoms with E-state index in [0.717, 1.165) is 20.3 Å². The van der Waals surface area contributed by atoms with Crippen LogP contribution in [0.5, 0.6) is 0 Å². The van der Waals surface area contributed by atoms with Gasteiger partial charge in [-0.25, -0.2) is 9.59 Å². The second-order valence-corrected chi connectivity index (χ2v) is 2.25. The number of rotatable bonds is 4. The molecule has 6 heteroatoms. The number of carboxylic acids is 1. The number of carboxylic acid groups (broad SMARTS) is 1. The summed E-state index contributed by atoms with van der Waals surface area (Å²) in [6.07, 6.45) is 0.264. The highest BCUT2D eigenvalue weighted by Crippen LogP contribution is 2.03. The van der Waals surface area contributed by atoms with Gasteiger partial charge in [-0.05, 0) is 0 Å². The Hall–Kier alpha value is -1.85. The maximum absolute atomic E-state index is 10.7. The van der Waals surface area contributed by atoms with Crippen LogP contribution in [0.1, 0.15) is 6.42 Å². The standard InChI is InChI=1S/C8H10O6/c1-13-6(9)3-5(8(11)12)4-7(10)14-2/h3H,4H2,1-2H3,(H,11,12)/b5-3+. The van der Waals surface area contributed by atoms with E-state index in [1.165, 1.54) is 0 Å². The van der Waals surface area contributed by atoms with E-state index in [2.05, 4.69) is 9.47 Å². The number of aliphatic carboxylic acids is 1. The first kappa shape index (κ1) is 12.2. The van der Waals surface area contributed by atoms with Gasteiger partial charge in [-0.3, -0.25) is 4.79 Å². The summed E-state index contributed by atoms with van der Waals surface area (Å²) in [6, 6.07) is 0. The van der Waals surface area contributed by atoms with Crippen molar-refractivity contribution in [2.45, 2.75) is 6.42 Å². The average molecular weight is 202 g/mol. The van der Waals surface area contributed by atoms with Gasteiger partial charge < -0.3 is 14.6 Å². The van der Waals surface area contributed by atoms with Gasteiger partial charge in [0, 0.05) is 6.08 Å². The van der Waals surface area contributed by atoms with Gasteiger partial charge >= 0.3 is 17.9 Å². The zero-order valence-corrected chi connectivity index (χ0v) is 7.77. The van der Waals surface area contributed by atoms with Crippen LogP contribution in [0.3, 0.4) is 0 Å². The summed E-state index contributed by atoms with van der Waals surface area (Å²) in [5.41, 5.74) is -0.372. The van der Waals surface area contributed by atoms with Crippen LogP contribution in [0.15, 0.2) is 11.6 Å². The first-order chi connectivity index (χ1) is 6.51. The third kappa shape index (κ3) is 4.24. The van der Waals surface area contributed by atoms with E-state index >= 15 is 0 Å². The van der Waals surface area contributed by atoms with Crippen LogP contribution in [-0.2, 0) is 23.9 Å². The summed E-state index contributed by atoms with van der Waals surface area (Å²) < 4.78 is 8.47. The quantitative estimate of drug-likeness (QED) is 0.498. The number of ether oxygens (including phenoxy) is 2. The topological polar surface area (TPSA) is 89.9 Å². The number of hydrogen-bond donors (Lipinski definition) is 1. The SMILES string of the molecule is COC(=O)/C=C(\CC(=O)OC)C(=O)O. The Morgan fingerprint density at radius 1 is 1.21 bits per heavy atom. The second-order valence-electron chi connectivity index (χ2n) is 2.25. The molecule has 0 saturated heterocycles. The van der Waals surface area contributed by atoms with Crippen LogP contribution in [0.2, 0.25) is 0 Å². The molecule has 0 saturated carbocycles. The van der Waals surface area contributed by atoms with Crippen molar-refractivity contribution in [1.29, 1.82) is 0 Å². The predicted molar refractivity (Wildman–Crippen MR) is 44.4 cm³/mol. The lowest BCUT2D eigenvalue weighted by Gasteiger charge is -2.00. The molecular formula is C8H10O6. The highest BCUT2D eigenvalue weighted by molar-refractivity contribution is 5.98. The number of carbonyl (C=O) groups excluding carboxylic acids is 2. The molecule has 0 bridgehead atoms. The highest BCUT2D eigenvalue weighted by Gasteiger charge is 2.14. The number of esters is 2. The first-order valence-electron chi connectivity index (χ1n) is 3.60. The van der Waals surface area contributed by atoms with Gasteiger partial charge in [0.05, 0.1) is 26.2 Å². The molecule has 0 rings (SSSR count). The maximum Gasteiger partial charge on any atom is 0.332 e. The molecule has 6 nitrogen and oxygen atoms in total. The minimum Gasteiger partial charge on any atom is -0.478 e. The van der Waals surface area contributed by atoms with Crippen LogP contribution in [-0.4, -0.2) is 37.2 Å².